The van der Waals surface area contributed by atoms with E-state index in [0.29, 0.717) is 13.1 Å². The first-order valence-electron chi connectivity index (χ1n) is 8.54. The lowest BCUT2D eigenvalue weighted by Gasteiger charge is -2.39. The first-order valence-corrected chi connectivity index (χ1v) is 9.36. The number of benzene rings is 2. The van der Waals surface area contributed by atoms with E-state index in [2.05, 4.69) is 24.0 Å². The molecule has 0 bridgehead atoms. The highest BCUT2D eigenvalue weighted by Gasteiger charge is 2.33. The number of aryl methyl sites for hydroxylation is 2. The maximum absolute atomic E-state index is 12.6. The van der Waals surface area contributed by atoms with Crippen molar-refractivity contribution in [3.63, 3.8) is 0 Å². The van der Waals surface area contributed by atoms with Crippen molar-refractivity contribution in [1.82, 2.24) is 9.88 Å². The fraction of sp³-hybridized carbons (Fsp3) is 0.300. The molecular formula is C20H20N2O2S. The fourth-order valence-electron chi connectivity index (χ4n) is 3.07. The van der Waals surface area contributed by atoms with E-state index < -0.39 is 0 Å². The Morgan fingerprint density at radius 3 is 2.92 bits per heavy atom. The van der Waals surface area contributed by atoms with Crippen molar-refractivity contribution in [3.8, 4) is 5.75 Å². The van der Waals surface area contributed by atoms with E-state index in [0.717, 1.165) is 33.0 Å². The standard InChI is InChI=1S/C20H20N2O2S/c1-3-14-5-4-6-16(9-14)24-17-11-22(12-17)20(23)15-7-8-18-19(10-15)25-13(2)21-18/h4-10,17H,3,11-12H2,1-2H3. The first kappa shape index (κ1) is 16.1. The number of aromatic nitrogens is 1. The van der Waals surface area contributed by atoms with Crippen LogP contribution in [0.15, 0.2) is 42.5 Å². The molecule has 4 rings (SSSR count). The first-order chi connectivity index (χ1) is 12.1. The SMILES string of the molecule is CCc1cccc(OC2CN(C(=O)c3ccc4nc(C)sc4c3)C2)c1. The predicted octanol–water partition coefficient (Wildman–Crippen LogP) is 4.07. The maximum atomic E-state index is 12.6. The summed E-state index contributed by atoms with van der Waals surface area (Å²) >= 11 is 1.62. The van der Waals surface area contributed by atoms with Gasteiger partial charge in [-0.15, -0.1) is 11.3 Å². The summed E-state index contributed by atoms with van der Waals surface area (Å²) in [5, 5.41) is 1.02. The lowest BCUT2D eigenvalue weighted by Crippen LogP contribution is -2.56. The van der Waals surface area contributed by atoms with Gasteiger partial charge < -0.3 is 9.64 Å². The molecule has 1 aromatic heterocycles. The molecule has 0 radical (unpaired) electrons. The van der Waals surface area contributed by atoms with Gasteiger partial charge in [0, 0.05) is 5.56 Å². The largest absolute Gasteiger partial charge is 0.487 e. The van der Waals surface area contributed by atoms with Gasteiger partial charge in [-0.05, 0) is 49.2 Å². The van der Waals surface area contributed by atoms with Gasteiger partial charge in [-0.25, -0.2) is 4.98 Å². The normalized spacial score (nSPS) is 14.6. The Labute approximate surface area is 151 Å². The Hall–Kier alpha value is -2.40. The molecule has 0 unspecified atom stereocenters. The quantitative estimate of drug-likeness (QED) is 0.711. The highest BCUT2D eigenvalue weighted by molar-refractivity contribution is 7.18. The molecule has 2 heterocycles. The summed E-state index contributed by atoms with van der Waals surface area (Å²) in [6.45, 7) is 5.38. The number of ether oxygens (including phenoxy) is 1. The molecule has 1 saturated heterocycles. The molecule has 0 spiro atoms. The van der Waals surface area contributed by atoms with Crippen molar-refractivity contribution in [2.24, 2.45) is 0 Å². The molecule has 0 N–H and O–H groups in total. The number of thiazole rings is 1. The molecule has 0 atom stereocenters. The van der Waals surface area contributed by atoms with Crippen LogP contribution in [0.25, 0.3) is 10.2 Å². The van der Waals surface area contributed by atoms with Crippen molar-refractivity contribution in [2.45, 2.75) is 26.4 Å². The molecule has 4 nitrogen and oxygen atoms in total. The van der Waals surface area contributed by atoms with E-state index in [4.69, 9.17) is 4.74 Å². The molecule has 0 saturated carbocycles. The number of hydrogen-bond acceptors (Lipinski definition) is 4. The number of rotatable bonds is 4. The molecule has 5 heteroatoms. The molecule has 1 aliphatic heterocycles. The van der Waals surface area contributed by atoms with Crippen LogP contribution in [0.3, 0.4) is 0 Å². The topological polar surface area (TPSA) is 42.4 Å². The molecule has 0 aliphatic carbocycles. The van der Waals surface area contributed by atoms with E-state index in [1.807, 2.05) is 42.2 Å². The van der Waals surface area contributed by atoms with Crippen molar-refractivity contribution in [1.29, 1.82) is 0 Å². The summed E-state index contributed by atoms with van der Waals surface area (Å²) in [7, 11) is 0. The summed E-state index contributed by atoms with van der Waals surface area (Å²) in [6.07, 6.45) is 1.07. The van der Waals surface area contributed by atoms with Crippen LogP contribution in [-0.4, -0.2) is 35.0 Å². The van der Waals surface area contributed by atoms with Crippen LogP contribution in [0.5, 0.6) is 5.75 Å². The number of amides is 1. The third kappa shape index (κ3) is 3.24. The van der Waals surface area contributed by atoms with E-state index in [1.165, 1.54) is 5.56 Å². The van der Waals surface area contributed by atoms with Crippen LogP contribution in [0.4, 0.5) is 0 Å². The van der Waals surface area contributed by atoms with Gasteiger partial charge in [-0.1, -0.05) is 19.1 Å². The molecule has 25 heavy (non-hydrogen) atoms. The van der Waals surface area contributed by atoms with E-state index in [9.17, 15) is 4.79 Å². The Kier molecular flexibility index (Phi) is 4.17. The number of carbonyl (C=O) groups excluding carboxylic acids is 1. The zero-order valence-corrected chi connectivity index (χ0v) is 15.2. The molecule has 3 aromatic rings. The van der Waals surface area contributed by atoms with Gasteiger partial charge in [-0.2, -0.15) is 0 Å². The summed E-state index contributed by atoms with van der Waals surface area (Å²) in [5.74, 6) is 0.952. The zero-order chi connectivity index (χ0) is 17.4. The smallest absolute Gasteiger partial charge is 0.254 e. The van der Waals surface area contributed by atoms with E-state index in [-0.39, 0.29) is 12.0 Å². The second-order valence-electron chi connectivity index (χ2n) is 6.37. The average molecular weight is 352 g/mol. The van der Waals surface area contributed by atoms with Gasteiger partial charge in [0.05, 0.1) is 28.3 Å². The number of hydrogen-bond donors (Lipinski definition) is 0. The molecular weight excluding hydrogens is 332 g/mol. The van der Waals surface area contributed by atoms with E-state index in [1.54, 1.807) is 11.3 Å². The van der Waals surface area contributed by atoms with Crippen LogP contribution in [0.1, 0.15) is 27.9 Å². The molecule has 1 aliphatic rings. The molecule has 1 amide bonds. The molecule has 1 fully saturated rings. The predicted molar refractivity (Wildman–Crippen MR) is 100 cm³/mol. The van der Waals surface area contributed by atoms with E-state index >= 15 is 0 Å². The summed E-state index contributed by atoms with van der Waals surface area (Å²) in [6, 6.07) is 13.9. The number of carbonyl (C=O) groups is 1. The van der Waals surface area contributed by atoms with Crippen molar-refractivity contribution >= 4 is 27.5 Å². The summed E-state index contributed by atoms with van der Waals surface area (Å²) in [5.41, 5.74) is 2.94. The summed E-state index contributed by atoms with van der Waals surface area (Å²) < 4.78 is 7.04. The Morgan fingerprint density at radius 1 is 1.28 bits per heavy atom. The number of fused-ring (bicyclic) bond motifs is 1. The lowest BCUT2D eigenvalue weighted by atomic mass is 10.1. The molecule has 2 aromatic carbocycles. The monoisotopic (exact) mass is 352 g/mol. The minimum absolute atomic E-state index is 0.0649. The van der Waals surface area contributed by atoms with Gasteiger partial charge in [0.15, 0.2) is 0 Å². The number of nitrogens with zero attached hydrogens (tertiary/aromatic N) is 2. The van der Waals surface area contributed by atoms with Crippen LogP contribution in [0.2, 0.25) is 0 Å². The second kappa shape index (κ2) is 6.48. The van der Waals surface area contributed by atoms with Gasteiger partial charge in [0.25, 0.3) is 5.91 Å². The highest BCUT2D eigenvalue weighted by atomic mass is 32.1. The summed E-state index contributed by atoms with van der Waals surface area (Å²) in [4.78, 5) is 18.9. The third-order valence-electron chi connectivity index (χ3n) is 4.49. The second-order valence-corrected chi connectivity index (χ2v) is 7.60. The van der Waals surface area contributed by atoms with Gasteiger partial charge in [-0.3, -0.25) is 4.79 Å². The van der Waals surface area contributed by atoms with Crippen LogP contribution in [-0.2, 0) is 6.42 Å². The van der Waals surface area contributed by atoms with Crippen molar-refractivity contribution in [3.05, 3.63) is 58.6 Å². The fourth-order valence-corrected chi connectivity index (χ4v) is 3.93. The van der Waals surface area contributed by atoms with Gasteiger partial charge >= 0.3 is 0 Å². The van der Waals surface area contributed by atoms with Crippen LogP contribution < -0.4 is 4.74 Å². The molecule has 128 valence electrons. The Morgan fingerprint density at radius 2 is 2.12 bits per heavy atom. The maximum Gasteiger partial charge on any atom is 0.254 e. The van der Waals surface area contributed by atoms with Crippen molar-refractivity contribution in [2.75, 3.05) is 13.1 Å². The number of likely N-dealkylation sites (tertiary alicyclic amines) is 1. The van der Waals surface area contributed by atoms with Gasteiger partial charge in [0.1, 0.15) is 11.9 Å². The van der Waals surface area contributed by atoms with Gasteiger partial charge in [0.2, 0.25) is 0 Å². The third-order valence-corrected chi connectivity index (χ3v) is 5.42. The average Bonchev–Trinajstić information content (AvgIpc) is 2.96. The van der Waals surface area contributed by atoms with Crippen LogP contribution >= 0.6 is 11.3 Å². The highest BCUT2D eigenvalue weighted by Crippen LogP contribution is 2.25. The Balaban J connectivity index is 1.39. The Bertz CT molecular complexity index is 928. The minimum Gasteiger partial charge on any atom is -0.487 e. The van der Waals surface area contributed by atoms with Crippen molar-refractivity contribution < 1.29 is 9.53 Å². The lowest BCUT2D eigenvalue weighted by molar-refractivity contribution is 0.0178. The minimum atomic E-state index is 0.0649. The zero-order valence-electron chi connectivity index (χ0n) is 14.4. The van der Waals surface area contributed by atoms with Crippen LogP contribution in [0, 0.1) is 6.92 Å².